The fourth-order valence-electron chi connectivity index (χ4n) is 2.76. The highest BCUT2D eigenvalue weighted by Crippen LogP contribution is 2.28. The molecule has 1 aliphatic heterocycles. The molecule has 0 amide bonds. The Morgan fingerprint density at radius 2 is 1.70 bits per heavy atom. The van der Waals surface area contributed by atoms with Crippen molar-refractivity contribution in [1.29, 1.82) is 0 Å². The van der Waals surface area contributed by atoms with E-state index in [4.69, 9.17) is 4.74 Å². The molecule has 0 bridgehead atoms. The Hall–Kier alpha value is -2.29. The summed E-state index contributed by atoms with van der Waals surface area (Å²) in [6, 6.07) is 18.0. The molecule has 20 heavy (non-hydrogen) atoms. The largest absolute Gasteiger partial charge is 0.467 e. The second kappa shape index (κ2) is 5.37. The first kappa shape index (κ1) is 12.7. The van der Waals surface area contributed by atoms with Crippen molar-refractivity contribution in [3.63, 3.8) is 0 Å². The molecule has 0 unspecified atom stereocenters. The summed E-state index contributed by atoms with van der Waals surface area (Å²) in [5.41, 5.74) is 3.56. The van der Waals surface area contributed by atoms with Crippen LogP contribution < -0.4 is 4.90 Å². The lowest BCUT2D eigenvalue weighted by atomic mass is 9.93. The molecule has 3 heteroatoms. The maximum absolute atomic E-state index is 12.1. The molecule has 0 aliphatic carbocycles. The van der Waals surface area contributed by atoms with E-state index in [1.54, 1.807) is 0 Å². The third-order valence-electron chi connectivity index (χ3n) is 3.81. The van der Waals surface area contributed by atoms with Gasteiger partial charge in [0.1, 0.15) is 6.04 Å². The molecule has 0 saturated carbocycles. The minimum Gasteiger partial charge on any atom is -0.467 e. The first-order chi connectivity index (χ1) is 9.79. The molecule has 1 heterocycles. The first-order valence-electron chi connectivity index (χ1n) is 6.76. The number of hydrogen-bond acceptors (Lipinski definition) is 3. The van der Waals surface area contributed by atoms with Gasteiger partial charge in [-0.05, 0) is 23.3 Å². The molecule has 1 aliphatic rings. The molecule has 0 fully saturated rings. The number of para-hydroxylation sites is 1. The summed E-state index contributed by atoms with van der Waals surface area (Å²) in [6.45, 7) is 0.736. The number of methoxy groups -OCH3 is 1. The van der Waals surface area contributed by atoms with Crippen LogP contribution in [0.15, 0.2) is 54.6 Å². The Balaban J connectivity index is 2.00. The maximum Gasteiger partial charge on any atom is 0.328 e. The molecular formula is C17H17NO2. The van der Waals surface area contributed by atoms with Gasteiger partial charge in [0, 0.05) is 18.7 Å². The van der Waals surface area contributed by atoms with E-state index < -0.39 is 0 Å². The van der Waals surface area contributed by atoms with Gasteiger partial charge in [-0.2, -0.15) is 0 Å². The van der Waals surface area contributed by atoms with Crippen LogP contribution in [-0.2, 0) is 22.5 Å². The van der Waals surface area contributed by atoms with Gasteiger partial charge in [0.15, 0.2) is 0 Å². The number of anilines is 1. The van der Waals surface area contributed by atoms with Gasteiger partial charge in [-0.3, -0.25) is 0 Å². The van der Waals surface area contributed by atoms with E-state index in [2.05, 4.69) is 17.0 Å². The lowest BCUT2D eigenvalue weighted by Crippen LogP contribution is -2.46. The van der Waals surface area contributed by atoms with Crippen LogP contribution in [0.1, 0.15) is 11.1 Å². The van der Waals surface area contributed by atoms with Crippen LogP contribution in [0.3, 0.4) is 0 Å². The molecule has 0 aromatic heterocycles. The van der Waals surface area contributed by atoms with Crippen molar-refractivity contribution >= 4 is 11.7 Å². The molecular weight excluding hydrogens is 250 g/mol. The first-order valence-corrected chi connectivity index (χ1v) is 6.76. The second-order valence-corrected chi connectivity index (χ2v) is 4.98. The summed E-state index contributed by atoms with van der Waals surface area (Å²) >= 11 is 0. The van der Waals surface area contributed by atoms with Crippen LogP contribution in [0, 0.1) is 0 Å². The number of hydrogen-bond donors (Lipinski definition) is 0. The van der Waals surface area contributed by atoms with Gasteiger partial charge < -0.3 is 9.64 Å². The monoisotopic (exact) mass is 267 g/mol. The summed E-state index contributed by atoms with van der Waals surface area (Å²) in [4.78, 5) is 14.2. The lowest BCUT2D eigenvalue weighted by molar-refractivity contribution is -0.142. The van der Waals surface area contributed by atoms with Crippen LogP contribution >= 0.6 is 0 Å². The molecule has 0 saturated heterocycles. The Morgan fingerprint density at radius 3 is 2.40 bits per heavy atom. The van der Waals surface area contributed by atoms with Crippen LogP contribution in [0.4, 0.5) is 5.69 Å². The minimum absolute atomic E-state index is 0.177. The Labute approximate surface area is 118 Å². The van der Waals surface area contributed by atoms with Crippen molar-refractivity contribution in [1.82, 2.24) is 0 Å². The number of carbonyl (C=O) groups excluding carboxylic acids is 1. The van der Waals surface area contributed by atoms with Crippen molar-refractivity contribution in [3.05, 3.63) is 65.7 Å². The molecule has 0 N–H and O–H groups in total. The lowest BCUT2D eigenvalue weighted by Gasteiger charge is -2.36. The topological polar surface area (TPSA) is 29.5 Å². The van der Waals surface area contributed by atoms with Crippen LogP contribution in [0.2, 0.25) is 0 Å². The average molecular weight is 267 g/mol. The molecule has 3 nitrogen and oxygen atoms in total. The molecule has 2 aromatic carbocycles. The van der Waals surface area contributed by atoms with Gasteiger partial charge in [0.05, 0.1) is 7.11 Å². The normalized spacial score (nSPS) is 17.4. The Bertz CT molecular complexity index is 609. The standard InChI is InChI=1S/C17H17NO2/c1-20-17(19)16-11-13-7-5-6-8-14(13)12-18(16)15-9-3-2-4-10-15/h2-10,16H,11-12H2,1H3/t16-/m0/s1. The third-order valence-corrected chi connectivity index (χ3v) is 3.81. The smallest absolute Gasteiger partial charge is 0.328 e. The zero-order valence-corrected chi connectivity index (χ0v) is 11.5. The minimum atomic E-state index is -0.253. The van der Waals surface area contributed by atoms with Gasteiger partial charge in [0.25, 0.3) is 0 Å². The van der Waals surface area contributed by atoms with Crippen LogP contribution in [-0.4, -0.2) is 19.1 Å². The van der Waals surface area contributed by atoms with E-state index in [9.17, 15) is 4.79 Å². The van der Waals surface area contributed by atoms with Crippen LogP contribution in [0.25, 0.3) is 0 Å². The zero-order chi connectivity index (χ0) is 13.9. The van der Waals surface area contributed by atoms with Gasteiger partial charge in [0.2, 0.25) is 0 Å². The highest BCUT2D eigenvalue weighted by Gasteiger charge is 2.32. The molecule has 3 rings (SSSR count). The number of esters is 1. The predicted octanol–water partition coefficient (Wildman–Crippen LogP) is 2.79. The summed E-state index contributed by atoms with van der Waals surface area (Å²) in [5, 5.41) is 0. The van der Waals surface area contributed by atoms with E-state index in [0.717, 1.165) is 12.2 Å². The number of ether oxygens (including phenoxy) is 1. The van der Waals surface area contributed by atoms with Crippen molar-refractivity contribution < 1.29 is 9.53 Å². The number of carbonyl (C=O) groups is 1. The fraction of sp³-hybridized carbons (Fsp3) is 0.235. The summed E-state index contributed by atoms with van der Waals surface area (Å²) in [7, 11) is 1.45. The van der Waals surface area contributed by atoms with E-state index in [1.165, 1.54) is 18.2 Å². The number of benzene rings is 2. The highest BCUT2D eigenvalue weighted by atomic mass is 16.5. The average Bonchev–Trinajstić information content (AvgIpc) is 2.53. The molecule has 2 aromatic rings. The zero-order valence-electron chi connectivity index (χ0n) is 11.5. The summed E-state index contributed by atoms with van der Waals surface area (Å²) in [6.07, 6.45) is 0.692. The number of fused-ring (bicyclic) bond motifs is 1. The van der Waals surface area contributed by atoms with E-state index >= 15 is 0 Å². The summed E-state index contributed by atoms with van der Waals surface area (Å²) in [5.74, 6) is -0.177. The second-order valence-electron chi connectivity index (χ2n) is 4.98. The molecule has 0 radical (unpaired) electrons. The van der Waals surface area contributed by atoms with E-state index in [-0.39, 0.29) is 12.0 Å². The SMILES string of the molecule is COC(=O)[C@@H]1Cc2ccccc2CN1c1ccccc1. The Morgan fingerprint density at radius 1 is 1.05 bits per heavy atom. The van der Waals surface area contributed by atoms with Crippen molar-refractivity contribution in [2.45, 2.75) is 19.0 Å². The third kappa shape index (κ3) is 2.27. The molecule has 0 spiro atoms. The quantitative estimate of drug-likeness (QED) is 0.784. The maximum atomic E-state index is 12.1. The van der Waals surface area contributed by atoms with Crippen LogP contribution in [0.5, 0.6) is 0 Å². The van der Waals surface area contributed by atoms with Crippen molar-refractivity contribution in [2.75, 3.05) is 12.0 Å². The van der Waals surface area contributed by atoms with Gasteiger partial charge in [-0.1, -0.05) is 42.5 Å². The molecule has 1 atom stereocenters. The summed E-state index contributed by atoms with van der Waals surface area (Å²) < 4.78 is 4.98. The number of rotatable bonds is 2. The van der Waals surface area contributed by atoms with E-state index in [1.807, 2.05) is 42.5 Å². The Kier molecular flexibility index (Phi) is 3.42. The predicted molar refractivity (Wildman–Crippen MR) is 78.6 cm³/mol. The van der Waals surface area contributed by atoms with Crippen molar-refractivity contribution in [3.8, 4) is 0 Å². The number of nitrogens with zero attached hydrogens (tertiary/aromatic N) is 1. The fourth-order valence-corrected chi connectivity index (χ4v) is 2.76. The van der Waals surface area contributed by atoms with Gasteiger partial charge in [-0.15, -0.1) is 0 Å². The van der Waals surface area contributed by atoms with Gasteiger partial charge in [-0.25, -0.2) is 4.79 Å². The van der Waals surface area contributed by atoms with Gasteiger partial charge >= 0.3 is 5.97 Å². The van der Waals surface area contributed by atoms with Crippen molar-refractivity contribution in [2.24, 2.45) is 0 Å². The van der Waals surface area contributed by atoms with E-state index in [0.29, 0.717) is 6.42 Å². The highest BCUT2D eigenvalue weighted by molar-refractivity contribution is 5.81. The molecule has 102 valence electrons.